The van der Waals surface area contributed by atoms with Gasteiger partial charge in [-0.2, -0.15) is 0 Å². The number of nitrogens with two attached hydrogens (primary N) is 1. The lowest BCUT2D eigenvalue weighted by molar-refractivity contribution is -0.115. The number of hydrogen-bond acceptors (Lipinski definition) is 4. The highest BCUT2D eigenvalue weighted by Crippen LogP contribution is 2.27. The van der Waals surface area contributed by atoms with Crippen molar-refractivity contribution in [2.75, 3.05) is 18.4 Å². The minimum Gasteiger partial charge on any atom is -0.324 e. The van der Waals surface area contributed by atoms with Gasteiger partial charge in [0.15, 0.2) is 0 Å². The second-order valence-electron chi connectivity index (χ2n) is 6.86. The predicted molar refractivity (Wildman–Crippen MR) is 108 cm³/mol. The molecule has 0 spiro atoms. The molecule has 0 unspecified atom stereocenters. The maximum Gasteiger partial charge on any atom is 0.238 e. The molecule has 0 bridgehead atoms. The summed E-state index contributed by atoms with van der Waals surface area (Å²) in [5.41, 5.74) is 4.02. The fourth-order valence-electron chi connectivity index (χ4n) is 2.81. The Balaban J connectivity index is 1.84. The number of aryl methyl sites for hydroxylation is 1. The van der Waals surface area contributed by atoms with Crippen molar-refractivity contribution >= 4 is 21.6 Å². The molecular formula is C20H27N3O3S. The lowest BCUT2D eigenvalue weighted by atomic mass is 9.98. The molecule has 0 atom stereocenters. The topological polar surface area (TPSA) is 101 Å². The number of sulfonamides is 1. The highest BCUT2D eigenvalue weighted by molar-refractivity contribution is 7.89. The number of carbonyl (C=O) groups excluding carboxylic acids is 1. The van der Waals surface area contributed by atoms with E-state index < -0.39 is 10.0 Å². The Kier molecular flexibility index (Phi) is 7.12. The van der Waals surface area contributed by atoms with E-state index in [1.807, 2.05) is 25.1 Å². The molecule has 7 heteroatoms. The first-order valence-electron chi connectivity index (χ1n) is 8.90. The van der Waals surface area contributed by atoms with Crippen LogP contribution >= 0.6 is 0 Å². The monoisotopic (exact) mass is 389 g/mol. The number of rotatable bonds is 8. The molecule has 0 heterocycles. The molecule has 0 aliphatic rings. The summed E-state index contributed by atoms with van der Waals surface area (Å²) in [6.07, 6.45) is 0.680. The molecule has 0 aromatic heterocycles. The van der Waals surface area contributed by atoms with Gasteiger partial charge in [-0.3, -0.25) is 4.79 Å². The molecule has 0 fully saturated rings. The molecule has 2 aromatic carbocycles. The van der Waals surface area contributed by atoms with E-state index in [1.165, 1.54) is 12.1 Å². The summed E-state index contributed by atoms with van der Waals surface area (Å²) in [5.74, 6) is 0.240. The second-order valence-corrected chi connectivity index (χ2v) is 8.42. The number of para-hydroxylation sites is 1. The van der Waals surface area contributed by atoms with Gasteiger partial charge in [0.1, 0.15) is 0 Å². The van der Waals surface area contributed by atoms with Gasteiger partial charge in [-0.25, -0.2) is 13.6 Å². The summed E-state index contributed by atoms with van der Waals surface area (Å²) in [4.78, 5) is 12.3. The highest BCUT2D eigenvalue weighted by Gasteiger charge is 2.12. The average molecular weight is 390 g/mol. The van der Waals surface area contributed by atoms with Gasteiger partial charge < -0.3 is 10.6 Å². The summed E-state index contributed by atoms with van der Waals surface area (Å²) in [5, 5.41) is 11.2. The van der Waals surface area contributed by atoms with Gasteiger partial charge in [0, 0.05) is 5.69 Å². The van der Waals surface area contributed by atoms with Gasteiger partial charge in [-0.1, -0.05) is 44.2 Å². The van der Waals surface area contributed by atoms with Crippen LogP contribution in [0.1, 0.15) is 36.5 Å². The number of carbonyl (C=O) groups is 1. The summed E-state index contributed by atoms with van der Waals surface area (Å²) in [6.45, 7) is 7.00. The van der Waals surface area contributed by atoms with Crippen molar-refractivity contribution in [3.63, 3.8) is 0 Å². The van der Waals surface area contributed by atoms with E-state index in [4.69, 9.17) is 5.14 Å². The SMILES string of the molecule is Cc1cccc(C(C)C)c1NC(=O)CNCCc1ccc(S(N)(=O)=O)cc1. The quantitative estimate of drug-likeness (QED) is 0.604. The van der Waals surface area contributed by atoms with Crippen LogP contribution in [0.4, 0.5) is 5.69 Å². The maximum absolute atomic E-state index is 12.3. The normalized spacial score (nSPS) is 11.6. The van der Waals surface area contributed by atoms with Gasteiger partial charge in [-0.05, 0) is 54.6 Å². The molecule has 1 amide bonds. The number of anilines is 1. The largest absolute Gasteiger partial charge is 0.324 e. The van der Waals surface area contributed by atoms with E-state index in [1.54, 1.807) is 12.1 Å². The van der Waals surface area contributed by atoms with E-state index >= 15 is 0 Å². The minimum absolute atomic E-state index is 0.0872. The maximum atomic E-state index is 12.3. The van der Waals surface area contributed by atoms with Crippen LogP contribution in [0, 0.1) is 6.92 Å². The zero-order valence-electron chi connectivity index (χ0n) is 16.0. The van der Waals surface area contributed by atoms with Crippen LogP contribution in [0.3, 0.4) is 0 Å². The molecular weight excluding hydrogens is 362 g/mol. The average Bonchev–Trinajstić information content (AvgIpc) is 2.60. The minimum atomic E-state index is -3.67. The third kappa shape index (κ3) is 6.16. The summed E-state index contributed by atoms with van der Waals surface area (Å²) in [6, 6.07) is 12.4. The molecule has 2 rings (SSSR count). The molecule has 0 saturated carbocycles. The Bertz CT molecular complexity index is 891. The van der Waals surface area contributed by atoms with Crippen molar-refractivity contribution < 1.29 is 13.2 Å². The second kappa shape index (κ2) is 9.12. The zero-order chi connectivity index (χ0) is 20.0. The number of nitrogens with one attached hydrogen (secondary N) is 2. The molecule has 0 radical (unpaired) electrons. The third-order valence-electron chi connectivity index (χ3n) is 4.32. The fourth-order valence-corrected chi connectivity index (χ4v) is 3.32. The van der Waals surface area contributed by atoms with Crippen LogP contribution in [-0.2, 0) is 21.2 Å². The Morgan fingerprint density at radius 3 is 2.37 bits per heavy atom. The summed E-state index contributed by atoms with van der Waals surface area (Å²) < 4.78 is 22.5. The van der Waals surface area contributed by atoms with Crippen LogP contribution in [0.25, 0.3) is 0 Å². The Labute approximate surface area is 161 Å². The van der Waals surface area contributed by atoms with Gasteiger partial charge in [0.2, 0.25) is 15.9 Å². The molecule has 0 saturated heterocycles. The van der Waals surface area contributed by atoms with E-state index in [2.05, 4.69) is 24.5 Å². The standard InChI is InChI=1S/C20H27N3O3S/c1-14(2)18-6-4-5-15(3)20(18)23-19(24)13-22-12-11-16-7-9-17(10-8-16)27(21,25)26/h4-10,14,22H,11-13H2,1-3H3,(H,23,24)(H2,21,25,26). The first-order valence-corrected chi connectivity index (χ1v) is 10.4. The van der Waals surface area contributed by atoms with Crippen LogP contribution < -0.4 is 15.8 Å². The van der Waals surface area contributed by atoms with Crippen molar-refractivity contribution in [2.24, 2.45) is 5.14 Å². The molecule has 0 aliphatic heterocycles. The fraction of sp³-hybridized carbons (Fsp3) is 0.350. The van der Waals surface area contributed by atoms with Crippen molar-refractivity contribution in [3.05, 3.63) is 59.2 Å². The Hall–Kier alpha value is -2.22. The van der Waals surface area contributed by atoms with E-state index in [0.717, 1.165) is 22.4 Å². The molecule has 146 valence electrons. The summed E-state index contributed by atoms with van der Waals surface area (Å²) >= 11 is 0. The van der Waals surface area contributed by atoms with Crippen LogP contribution in [-0.4, -0.2) is 27.4 Å². The Morgan fingerprint density at radius 2 is 1.78 bits per heavy atom. The van der Waals surface area contributed by atoms with Crippen molar-refractivity contribution in [2.45, 2.75) is 38.0 Å². The number of amides is 1. The van der Waals surface area contributed by atoms with Crippen LogP contribution in [0.5, 0.6) is 0 Å². The van der Waals surface area contributed by atoms with E-state index in [-0.39, 0.29) is 17.3 Å². The van der Waals surface area contributed by atoms with Crippen molar-refractivity contribution in [1.82, 2.24) is 5.32 Å². The molecule has 0 aliphatic carbocycles. The lowest BCUT2D eigenvalue weighted by Gasteiger charge is -2.16. The smallest absolute Gasteiger partial charge is 0.238 e. The molecule has 27 heavy (non-hydrogen) atoms. The number of primary sulfonamides is 1. The van der Waals surface area contributed by atoms with E-state index in [0.29, 0.717) is 18.9 Å². The van der Waals surface area contributed by atoms with Gasteiger partial charge >= 0.3 is 0 Å². The van der Waals surface area contributed by atoms with E-state index in [9.17, 15) is 13.2 Å². The predicted octanol–water partition coefficient (Wildman–Crippen LogP) is 2.54. The summed E-state index contributed by atoms with van der Waals surface area (Å²) in [7, 11) is -3.67. The molecule has 2 aromatic rings. The number of benzene rings is 2. The first kappa shape index (κ1) is 21.1. The highest BCUT2D eigenvalue weighted by atomic mass is 32.2. The zero-order valence-corrected chi connectivity index (χ0v) is 16.8. The third-order valence-corrected chi connectivity index (χ3v) is 5.25. The van der Waals surface area contributed by atoms with Crippen molar-refractivity contribution in [3.8, 4) is 0 Å². The Morgan fingerprint density at radius 1 is 1.11 bits per heavy atom. The lowest BCUT2D eigenvalue weighted by Crippen LogP contribution is -2.30. The van der Waals surface area contributed by atoms with Crippen LogP contribution in [0.15, 0.2) is 47.4 Å². The van der Waals surface area contributed by atoms with Gasteiger partial charge in [-0.15, -0.1) is 0 Å². The van der Waals surface area contributed by atoms with Gasteiger partial charge in [0.05, 0.1) is 11.4 Å². The van der Waals surface area contributed by atoms with Gasteiger partial charge in [0.25, 0.3) is 0 Å². The molecule has 4 N–H and O–H groups in total. The molecule has 6 nitrogen and oxygen atoms in total. The number of hydrogen-bond donors (Lipinski definition) is 3. The van der Waals surface area contributed by atoms with Crippen LogP contribution in [0.2, 0.25) is 0 Å². The van der Waals surface area contributed by atoms with Crippen molar-refractivity contribution in [1.29, 1.82) is 0 Å². The first-order chi connectivity index (χ1) is 12.7.